The maximum absolute atomic E-state index is 12.6. The van der Waals surface area contributed by atoms with Crippen LogP contribution in [-0.4, -0.2) is 47.4 Å². The molecular formula is C18H26N2O4. The van der Waals surface area contributed by atoms with E-state index in [1.54, 1.807) is 19.2 Å². The highest BCUT2D eigenvalue weighted by Gasteiger charge is 2.27. The lowest BCUT2D eigenvalue weighted by atomic mass is 10.0. The van der Waals surface area contributed by atoms with Gasteiger partial charge in [0.1, 0.15) is 6.04 Å². The molecule has 132 valence electrons. The van der Waals surface area contributed by atoms with Gasteiger partial charge in [-0.05, 0) is 30.9 Å². The van der Waals surface area contributed by atoms with E-state index in [-0.39, 0.29) is 24.2 Å². The first-order chi connectivity index (χ1) is 11.2. The number of aryl methyl sites for hydroxylation is 1. The fraction of sp³-hybridized carbons (Fsp3) is 0.500. The number of nitrogens with one attached hydrogen (secondary N) is 1. The lowest BCUT2D eigenvalue weighted by molar-refractivity contribution is -0.138. The molecule has 6 heteroatoms. The fourth-order valence-corrected chi connectivity index (χ4v) is 2.38. The van der Waals surface area contributed by atoms with Gasteiger partial charge < -0.3 is 15.3 Å². The molecule has 1 rings (SSSR count). The third kappa shape index (κ3) is 5.68. The molecule has 0 fully saturated rings. The number of carbonyl (C=O) groups excluding carboxylic acids is 2. The van der Waals surface area contributed by atoms with E-state index in [0.717, 1.165) is 5.56 Å². The van der Waals surface area contributed by atoms with Crippen molar-refractivity contribution < 1.29 is 19.5 Å². The predicted octanol–water partition coefficient (Wildman–Crippen LogP) is 2.07. The number of rotatable bonds is 8. The molecule has 0 saturated heterocycles. The number of amides is 2. The van der Waals surface area contributed by atoms with Gasteiger partial charge in [-0.15, -0.1) is 0 Å². The number of nitrogens with zero attached hydrogens (tertiary/aromatic N) is 1. The van der Waals surface area contributed by atoms with Gasteiger partial charge in [-0.25, -0.2) is 0 Å². The number of carboxylic acid groups (broad SMARTS) is 1. The van der Waals surface area contributed by atoms with Crippen LogP contribution in [0, 0.1) is 12.8 Å². The van der Waals surface area contributed by atoms with Gasteiger partial charge in [-0.3, -0.25) is 14.4 Å². The lowest BCUT2D eigenvalue weighted by Crippen LogP contribution is -2.50. The number of hydrogen-bond acceptors (Lipinski definition) is 3. The van der Waals surface area contributed by atoms with Crippen molar-refractivity contribution in [2.75, 3.05) is 13.6 Å². The molecule has 2 amide bonds. The topological polar surface area (TPSA) is 86.7 Å². The van der Waals surface area contributed by atoms with Crippen LogP contribution in [-0.2, 0) is 9.59 Å². The molecule has 1 unspecified atom stereocenters. The second-order valence-electron chi connectivity index (χ2n) is 6.27. The second kappa shape index (κ2) is 9.05. The fourth-order valence-electron chi connectivity index (χ4n) is 2.38. The average Bonchev–Trinajstić information content (AvgIpc) is 2.51. The van der Waals surface area contributed by atoms with Crippen molar-refractivity contribution in [3.63, 3.8) is 0 Å². The molecule has 0 saturated carbocycles. The smallest absolute Gasteiger partial charge is 0.303 e. The molecule has 0 aliphatic heterocycles. The first-order valence-corrected chi connectivity index (χ1v) is 8.07. The Labute approximate surface area is 142 Å². The molecule has 24 heavy (non-hydrogen) atoms. The molecule has 1 aromatic carbocycles. The number of hydrogen-bond donors (Lipinski definition) is 2. The summed E-state index contributed by atoms with van der Waals surface area (Å²) in [5.41, 5.74) is 1.39. The SMILES string of the molecule is Cc1ccccc1C(=O)NC(C(=O)N(C)CCCC(=O)O)C(C)C. The van der Waals surface area contributed by atoms with Crippen molar-refractivity contribution in [1.29, 1.82) is 0 Å². The number of benzene rings is 1. The summed E-state index contributed by atoms with van der Waals surface area (Å²) < 4.78 is 0. The first kappa shape index (κ1) is 19.7. The minimum atomic E-state index is -0.885. The molecular weight excluding hydrogens is 308 g/mol. The Balaban J connectivity index is 2.76. The second-order valence-corrected chi connectivity index (χ2v) is 6.27. The van der Waals surface area contributed by atoms with E-state index in [9.17, 15) is 14.4 Å². The van der Waals surface area contributed by atoms with Crippen molar-refractivity contribution in [3.8, 4) is 0 Å². The zero-order chi connectivity index (χ0) is 18.3. The van der Waals surface area contributed by atoms with Gasteiger partial charge in [-0.2, -0.15) is 0 Å². The van der Waals surface area contributed by atoms with E-state index in [0.29, 0.717) is 18.5 Å². The standard InChI is InChI=1S/C18H26N2O4/c1-12(2)16(18(24)20(4)11-7-10-15(21)22)19-17(23)14-9-6-5-8-13(14)3/h5-6,8-9,12,16H,7,10-11H2,1-4H3,(H,19,23)(H,21,22). The molecule has 1 aromatic rings. The quantitative estimate of drug-likeness (QED) is 0.762. The van der Waals surface area contributed by atoms with E-state index in [1.165, 1.54) is 4.90 Å². The van der Waals surface area contributed by atoms with E-state index < -0.39 is 12.0 Å². The van der Waals surface area contributed by atoms with Gasteiger partial charge >= 0.3 is 5.97 Å². The molecule has 2 N–H and O–H groups in total. The van der Waals surface area contributed by atoms with Crippen LogP contribution in [0.1, 0.15) is 42.6 Å². The van der Waals surface area contributed by atoms with Crippen molar-refractivity contribution in [3.05, 3.63) is 35.4 Å². The van der Waals surface area contributed by atoms with E-state index in [4.69, 9.17) is 5.11 Å². The van der Waals surface area contributed by atoms with Gasteiger partial charge in [-0.1, -0.05) is 32.0 Å². The Hall–Kier alpha value is -2.37. The highest BCUT2D eigenvalue weighted by atomic mass is 16.4. The number of carbonyl (C=O) groups is 3. The summed E-state index contributed by atoms with van der Waals surface area (Å²) in [7, 11) is 1.62. The zero-order valence-corrected chi connectivity index (χ0v) is 14.7. The van der Waals surface area contributed by atoms with Crippen LogP contribution in [0.4, 0.5) is 0 Å². The predicted molar refractivity (Wildman–Crippen MR) is 91.8 cm³/mol. The van der Waals surface area contributed by atoms with Crippen LogP contribution < -0.4 is 5.32 Å². The molecule has 0 aliphatic rings. The Kier molecular flexibility index (Phi) is 7.42. The van der Waals surface area contributed by atoms with Gasteiger partial charge in [0.05, 0.1) is 0 Å². The largest absolute Gasteiger partial charge is 0.481 e. The summed E-state index contributed by atoms with van der Waals surface area (Å²) in [6.45, 7) is 5.92. The monoisotopic (exact) mass is 334 g/mol. The maximum atomic E-state index is 12.6. The minimum Gasteiger partial charge on any atom is -0.481 e. The first-order valence-electron chi connectivity index (χ1n) is 8.07. The Morgan fingerprint density at radius 3 is 2.38 bits per heavy atom. The highest BCUT2D eigenvalue weighted by Crippen LogP contribution is 2.11. The summed E-state index contributed by atoms with van der Waals surface area (Å²) in [6, 6.07) is 6.56. The summed E-state index contributed by atoms with van der Waals surface area (Å²) in [4.78, 5) is 37.1. The summed E-state index contributed by atoms with van der Waals surface area (Å²) in [5.74, 6) is -1.45. The minimum absolute atomic E-state index is 0.0134. The maximum Gasteiger partial charge on any atom is 0.303 e. The highest BCUT2D eigenvalue weighted by molar-refractivity contribution is 5.98. The van der Waals surface area contributed by atoms with Gasteiger partial charge in [0.25, 0.3) is 5.91 Å². The number of aliphatic carboxylic acids is 1. The summed E-state index contributed by atoms with van der Waals surface area (Å²) in [6.07, 6.45) is 0.396. The molecule has 0 bridgehead atoms. The van der Waals surface area contributed by atoms with Crippen LogP contribution >= 0.6 is 0 Å². The van der Waals surface area contributed by atoms with Crippen LogP contribution in [0.15, 0.2) is 24.3 Å². The number of likely N-dealkylation sites (N-methyl/N-ethyl adjacent to an activating group) is 1. The zero-order valence-electron chi connectivity index (χ0n) is 14.7. The van der Waals surface area contributed by atoms with Crippen molar-refractivity contribution in [2.24, 2.45) is 5.92 Å². The van der Waals surface area contributed by atoms with Gasteiger partial charge in [0.15, 0.2) is 0 Å². The molecule has 6 nitrogen and oxygen atoms in total. The molecule has 0 aliphatic carbocycles. The lowest BCUT2D eigenvalue weighted by Gasteiger charge is -2.27. The molecule has 0 radical (unpaired) electrons. The van der Waals surface area contributed by atoms with Crippen LogP contribution in [0.25, 0.3) is 0 Å². The average molecular weight is 334 g/mol. The third-order valence-electron chi connectivity index (χ3n) is 3.87. The molecule has 0 aromatic heterocycles. The summed E-state index contributed by atoms with van der Waals surface area (Å²) >= 11 is 0. The van der Waals surface area contributed by atoms with Crippen LogP contribution in [0.5, 0.6) is 0 Å². The van der Waals surface area contributed by atoms with E-state index in [2.05, 4.69) is 5.32 Å². The Morgan fingerprint density at radius 2 is 1.83 bits per heavy atom. The molecule has 0 spiro atoms. The summed E-state index contributed by atoms with van der Waals surface area (Å²) in [5, 5.41) is 11.5. The number of carboxylic acids is 1. The van der Waals surface area contributed by atoms with Gasteiger partial charge in [0, 0.05) is 25.6 Å². The van der Waals surface area contributed by atoms with Crippen LogP contribution in [0.3, 0.4) is 0 Å². The van der Waals surface area contributed by atoms with Crippen molar-refractivity contribution >= 4 is 17.8 Å². The van der Waals surface area contributed by atoms with E-state index in [1.807, 2.05) is 32.9 Å². The molecule has 1 atom stereocenters. The Morgan fingerprint density at radius 1 is 1.21 bits per heavy atom. The molecule has 0 heterocycles. The van der Waals surface area contributed by atoms with Gasteiger partial charge in [0.2, 0.25) is 5.91 Å². The third-order valence-corrected chi connectivity index (χ3v) is 3.87. The van der Waals surface area contributed by atoms with Crippen LogP contribution in [0.2, 0.25) is 0 Å². The van der Waals surface area contributed by atoms with E-state index >= 15 is 0 Å². The van der Waals surface area contributed by atoms with Crippen molar-refractivity contribution in [2.45, 2.75) is 39.7 Å². The van der Waals surface area contributed by atoms with Crippen molar-refractivity contribution in [1.82, 2.24) is 10.2 Å². The normalized spacial score (nSPS) is 11.9. The Bertz CT molecular complexity index is 598.